The van der Waals surface area contributed by atoms with E-state index < -0.39 is 32.1 Å². The number of aryl methyl sites for hydroxylation is 1. The van der Waals surface area contributed by atoms with E-state index in [4.69, 9.17) is 0 Å². The van der Waals surface area contributed by atoms with Crippen LogP contribution in [0.5, 0.6) is 0 Å². The second kappa shape index (κ2) is 8.70. The van der Waals surface area contributed by atoms with Crippen LogP contribution in [0.25, 0.3) is 20.9 Å². The summed E-state index contributed by atoms with van der Waals surface area (Å²) < 4.78 is 52.9. The summed E-state index contributed by atoms with van der Waals surface area (Å²) in [5, 5.41) is 0. The standard InChI is InChI=1S/C27H21F2NO3S2/c1-16-3-4-17(15-35(32,33)26-10-6-20(28)13-23(26)29)11-22(16)25-9-8-24(34-25)18-5-7-21-19(12-18)14-30(2)27(21)31/h3-13H,14-15H2,1-2H3. The number of rotatable bonds is 5. The minimum atomic E-state index is -3.99. The fraction of sp³-hybridized carbons (Fsp3) is 0.148. The van der Waals surface area contributed by atoms with Crippen LogP contribution in [-0.4, -0.2) is 26.3 Å². The smallest absolute Gasteiger partial charge is 0.254 e. The van der Waals surface area contributed by atoms with E-state index in [1.807, 2.05) is 43.3 Å². The molecule has 0 bridgehead atoms. The number of carbonyl (C=O) groups is 1. The minimum absolute atomic E-state index is 0.0290. The Labute approximate surface area is 206 Å². The molecule has 0 fully saturated rings. The Hall–Kier alpha value is -3.36. The van der Waals surface area contributed by atoms with Crippen molar-refractivity contribution >= 4 is 27.1 Å². The molecule has 0 unspecified atom stereocenters. The summed E-state index contributed by atoms with van der Waals surface area (Å²) in [6.45, 7) is 2.54. The molecule has 35 heavy (non-hydrogen) atoms. The number of benzene rings is 3. The summed E-state index contributed by atoms with van der Waals surface area (Å²) >= 11 is 1.58. The summed E-state index contributed by atoms with van der Waals surface area (Å²) in [6, 6.07) is 17.7. The predicted octanol–water partition coefficient (Wildman–Crippen LogP) is 6.23. The average Bonchev–Trinajstić information content (AvgIpc) is 3.39. The minimum Gasteiger partial charge on any atom is -0.337 e. The molecule has 0 radical (unpaired) electrons. The molecule has 0 spiro atoms. The van der Waals surface area contributed by atoms with Gasteiger partial charge in [0, 0.05) is 35.0 Å². The zero-order valence-corrected chi connectivity index (χ0v) is 20.6. The highest BCUT2D eigenvalue weighted by Gasteiger charge is 2.25. The number of thiophene rings is 1. The highest BCUT2D eigenvalue weighted by atomic mass is 32.2. The molecule has 1 amide bonds. The summed E-state index contributed by atoms with van der Waals surface area (Å²) in [5.41, 5.74) is 5.14. The average molecular weight is 510 g/mol. The van der Waals surface area contributed by atoms with Gasteiger partial charge in [-0.15, -0.1) is 11.3 Å². The molecule has 4 aromatic rings. The van der Waals surface area contributed by atoms with Gasteiger partial charge in [0.25, 0.3) is 5.91 Å². The van der Waals surface area contributed by atoms with Gasteiger partial charge in [-0.2, -0.15) is 0 Å². The third kappa shape index (κ3) is 4.39. The molecule has 0 saturated carbocycles. The third-order valence-electron chi connectivity index (χ3n) is 6.13. The van der Waals surface area contributed by atoms with Gasteiger partial charge in [-0.05, 0) is 77.2 Å². The number of fused-ring (bicyclic) bond motifs is 1. The molecule has 1 aliphatic heterocycles. The lowest BCUT2D eigenvalue weighted by molar-refractivity contribution is 0.0816. The molecule has 3 aromatic carbocycles. The maximum Gasteiger partial charge on any atom is 0.254 e. The summed E-state index contributed by atoms with van der Waals surface area (Å²) in [7, 11) is -2.21. The molecule has 0 N–H and O–H groups in total. The highest BCUT2D eigenvalue weighted by molar-refractivity contribution is 7.90. The van der Waals surface area contributed by atoms with Crippen molar-refractivity contribution in [3.8, 4) is 20.9 Å². The number of halogens is 2. The first-order valence-corrected chi connectivity index (χ1v) is 13.4. The van der Waals surface area contributed by atoms with Gasteiger partial charge >= 0.3 is 0 Å². The van der Waals surface area contributed by atoms with Crippen molar-refractivity contribution in [3.05, 3.63) is 101 Å². The van der Waals surface area contributed by atoms with E-state index in [-0.39, 0.29) is 5.91 Å². The maximum absolute atomic E-state index is 14.1. The van der Waals surface area contributed by atoms with Crippen molar-refractivity contribution < 1.29 is 22.0 Å². The maximum atomic E-state index is 14.1. The third-order valence-corrected chi connectivity index (χ3v) is 9.02. The number of hydrogen-bond donors (Lipinski definition) is 0. The lowest BCUT2D eigenvalue weighted by Crippen LogP contribution is -2.17. The van der Waals surface area contributed by atoms with Crippen LogP contribution in [0.4, 0.5) is 8.78 Å². The van der Waals surface area contributed by atoms with Crippen molar-refractivity contribution in [2.24, 2.45) is 0 Å². The van der Waals surface area contributed by atoms with Gasteiger partial charge < -0.3 is 4.90 Å². The fourth-order valence-corrected chi connectivity index (χ4v) is 6.80. The molecule has 2 heterocycles. The second-order valence-corrected chi connectivity index (χ2v) is 11.7. The lowest BCUT2D eigenvalue weighted by atomic mass is 10.0. The van der Waals surface area contributed by atoms with Gasteiger partial charge in [0.15, 0.2) is 9.84 Å². The molecular formula is C27H21F2NO3S2. The predicted molar refractivity (Wildman–Crippen MR) is 133 cm³/mol. The number of nitrogens with zero attached hydrogens (tertiary/aromatic N) is 1. The summed E-state index contributed by atoms with van der Waals surface area (Å²) in [5.74, 6) is -2.29. The van der Waals surface area contributed by atoms with Crippen LogP contribution in [0.2, 0.25) is 0 Å². The molecule has 5 rings (SSSR count). The van der Waals surface area contributed by atoms with Gasteiger partial charge in [0.05, 0.1) is 5.75 Å². The molecule has 0 atom stereocenters. The van der Waals surface area contributed by atoms with Crippen molar-refractivity contribution in [3.63, 3.8) is 0 Å². The van der Waals surface area contributed by atoms with Crippen LogP contribution in [0.15, 0.2) is 71.6 Å². The Bertz CT molecular complexity index is 1590. The van der Waals surface area contributed by atoms with Crippen LogP contribution in [0.1, 0.15) is 27.0 Å². The molecule has 4 nitrogen and oxygen atoms in total. The van der Waals surface area contributed by atoms with Crippen LogP contribution in [0.3, 0.4) is 0 Å². The Kier molecular flexibility index (Phi) is 5.81. The van der Waals surface area contributed by atoms with Crippen molar-refractivity contribution in [2.45, 2.75) is 24.1 Å². The topological polar surface area (TPSA) is 54.5 Å². The molecule has 0 saturated heterocycles. The van der Waals surface area contributed by atoms with Crippen molar-refractivity contribution in [1.82, 2.24) is 4.90 Å². The quantitative estimate of drug-likeness (QED) is 0.300. The molecule has 1 aromatic heterocycles. The second-order valence-electron chi connectivity index (χ2n) is 8.68. The van der Waals surface area contributed by atoms with Gasteiger partial charge in [0.2, 0.25) is 0 Å². The van der Waals surface area contributed by atoms with Gasteiger partial charge in [-0.3, -0.25) is 4.79 Å². The van der Waals surface area contributed by atoms with Crippen LogP contribution in [-0.2, 0) is 22.1 Å². The van der Waals surface area contributed by atoms with Crippen LogP contribution >= 0.6 is 11.3 Å². The Balaban J connectivity index is 1.44. The van der Waals surface area contributed by atoms with E-state index in [9.17, 15) is 22.0 Å². The zero-order valence-electron chi connectivity index (χ0n) is 19.0. The zero-order chi connectivity index (χ0) is 24.9. The fourth-order valence-electron chi connectivity index (χ4n) is 4.31. The van der Waals surface area contributed by atoms with E-state index >= 15 is 0 Å². The number of carbonyl (C=O) groups excluding carboxylic acids is 1. The largest absolute Gasteiger partial charge is 0.337 e. The number of sulfone groups is 1. The number of hydrogen-bond acceptors (Lipinski definition) is 4. The van der Waals surface area contributed by atoms with Crippen molar-refractivity contribution in [2.75, 3.05) is 7.05 Å². The molecular weight excluding hydrogens is 488 g/mol. The van der Waals surface area contributed by atoms with Crippen molar-refractivity contribution in [1.29, 1.82) is 0 Å². The van der Waals surface area contributed by atoms with Crippen LogP contribution in [0, 0.1) is 18.6 Å². The Morgan fingerprint density at radius 3 is 2.46 bits per heavy atom. The normalized spacial score (nSPS) is 13.4. The van der Waals surface area contributed by atoms with Gasteiger partial charge in [0.1, 0.15) is 16.5 Å². The summed E-state index contributed by atoms with van der Waals surface area (Å²) in [4.78, 5) is 15.4. The monoisotopic (exact) mass is 509 g/mol. The van der Waals surface area contributed by atoms with Gasteiger partial charge in [-0.1, -0.05) is 18.2 Å². The van der Waals surface area contributed by atoms with E-state index in [0.29, 0.717) is 18.2 Å². The first-order valence-electron chi connectivity index (χ1n) is 10.9. The van der Waals surface area contributed by atoms with E-state index in [0.717, 1.165) is 49.7 Å². The number of amides is 1. The SMILES string of the molecule is Cc1ccc(CS(=O)(=O)c2ccc(F)cc2F)cc1-c1ccc(-c2ccc3c(c2)CN(C)C3=O)s1. The van der Waals surface area contributed by atoms with Crippen LogP contribution < -0.4 is 0 Å². The van der Waals surface area contributed by atoms with E-state index in [1.54, 1.807) is 35.4 Å². The van der Waals surface area contributed by atoms with Gasteiger partial charge in [-0.25, -0.2) is 17.2 Å². The van der Waals surface area contributed by atoms with E-state index in [1.165, 1.54) is 0 Å². The summed E-state index contributed by atoms with van der Waals surface area (Å²) in [6.07, 6.45) is 0. The highest BCUT2D eigenvalue weighted by Crippen LogP contribution is 2.38. The molecule has 8 heteroatoms. The Morgan fingerprint density at radius 2 is 1.69 bits per heavy atom. The Morgan fingerprint density at radius 1 is 0.914 bits per heavy atom. The lowest BCUT2D eigenvalue weighted by Gasteiger charge is -2.10. The molecule has 1 aliphatic rings. The van der Waals surface area contributed by atoms with E-state index in [2.05, 4.69) is 0 Å². The first kappa shape index (κ1) is 23.4. The molecule has 178 valence electrons. The first-order chi connectivity index (χ1) is 16.6. The molecule has 0 aliphatic carbocycles.